The van der Waals surface area contributed by atoms with Gasteiger partial charge in [0.2, 0.25) is 10.0 Å². The van der Waals surface area contributed by atoms with E-state index < -0.39 is 16.1 Å². The lowest BCUT2D eigenvalue weighted by atomic mass is 10.2. The van der Waals surface area contributed by atoms with Gasteiger partial charge in [-0.25, -0.2) is 8.42 Å². The average Bonchev–Trinajstić information content (AvgIpc) is 2.73. The summed E-state index contributed by atoms with van der Waals surface area (Å²) in [6.45, 7) is 0.679. The summed E-state index contributed by atoms with van der Waals surface area (Å²) in [6, 6.07) is 4.46. The SMILES string of the molecule is CN(C)CC1CC(O)CN1S(=O)(=O)c1cc(N)ccc1Br. The summed E-state index contributed by atoms with van der Waals surface area (Å²) in [7, 11) is 0.0620. The lowest BCUT2D eigenvalue weighted by Crippen LogP contribution is -2.41. The third-order valence-electron chi connectivity index (χ3n) is 3.46. The summed E-state index contributed by atoms with van der Waals surface area (Å²) in [5, 5.41) is 9.86. The highest BCUT2D eigenvalue weighted by atomic mass is 79.9. The van der Waals surface area contributed by atoms with Gasteiger partial charge < -0.3 is 15.7 Å². The largest absolute Gasteiger partial charge is 0.399 e. The average molecular weight is 378 g/mol. The Hall–Kier alpha value is -0.670. The monoisotopic (exact) mass is 377 g/mol. The first kappa shape index (κ1) is 16.7. The van der Waals surface area contributed by atoms with E-state index in [0.717, 1.165) is 0 Å². The first-order chi connectivity index (χ1) is 9.71. The molecule has 1 aromatic carbocycles. The molecule has 118 valence electrons. The Bertz CT molecular complexity index is 621. The van der Waals surface area contributed by atoms with Crippen LogP contribution in [0.1, 0.15) is 6.42 Å². The molecule has 2 atom stereocenters. The van der Waals surface area contributed by atoms with Gasteiger partial charge in [-0.1, -0.05) is 0 Å². The smallest absolute Gasteiger partial charge is 0.244 e. The predicted octanol–water partition coefficient (Wildman–Crippen LogP) is 0.717. The summed E-state index contributed by atoms with van der Waals surface area (Å²) in [6.07, 6.45) is -0.193. The van der Waals surface area contributed by atoms with E-state index in [1.54, 1.807) is 12.1 Å². The molecule has 0 radical (unpaired) electrons. The summed E-state index contributed by atoms with van der Waals surface area (Å²) in [4.78, 5) is 2.06. The third kappa shape index (κ3) is 3.57. The fourth-order valence-corrected chi connectivity index (χ4v) is 5.21. The van der Waals surface area contributed by atoms with Gasteiger partial charge in [0.1, 0.15) is 0 Å². The van der Waals surface area contributed by atoms with Crippen LogP contribution in [-0.4, -0.2) is 62.1 Å². The maximum atomic E-state index is 12.9. The van der Waals surface area contributed by atoms with Crippen molar-refractivity contribution >= 4 is 31.6 Å². The van der Waals surface area contributed by atoms with Crippen molar-refractivity contribution in [3.63, 3.8) is 0 Å². The first-order valence-corrected chi connectivity index (χ1v) is 8.85. The van der Waals surface area contributed by atoms with Crippen molar-refractivity contribution in [2.75, 3.05) is 32.9 Å². The van der Waals surface area contributed by atoms with Crippen LogP contribution in [0.4, 0.5) is 5.69 Å². The normalized spacial score (nSPS) is 23.9. The number of anilines is 1. The molecule has 1 heterocycles. The molecule has 8 heteroatoms. The zero-order valence-electron chi connectivity index (χ0n) is 12.0. The molecular formula is C13H20BrN3O3S. The Labute approximate surface area is 133 Å². The van der Waals surface area contributed by atoms with Crippen LogP contribution in [0.15, 0.2) is 27.6 Å². The van der Waals surface area contributed by atoms with Crippen molar-refractivity contribution in [1.82, 2.24) is 9.21 Å². The van der Waals surface area contributed by atoms with Crippen LogP contribution in [0.5, 0.6) is 0 Å². The van der Waals surface area contributed by atoms with E-state index in [0.29, 0.717) is 23.1 Å². The molecule has 0 aromatic heterocycles. The van der Waals surface area contributed by atoms with Crippen molar-refractivity contribution in [3.05, 3.63) is 22.7 Å². The number of nitrogens with two attached hydrogens (primary N) is 1. The molecule has 0 bridgehead atoms. The van der Waals surface area contributed by atoms with Gasteiger partial charge in [-0.15, -0.1) is 0 Å². The molecule has 2 unspecified atom stereocenters. The van der Waals surface area contributed by atoms with Crippen LogP contribution in [-0.2, 0) is 10.0 Å². The zero-order valence-corrected chi connectivity index (χ0v) is 14.4. The van der Waals surface area contributed by atoms with E-state index >= 15 is 0 Å². The van der Waals surface area contributed by atoms with Crippen molar-refractivity contribution in [2.24, 2.45) is 0 Å². The number of nitrogens with zero attached hydrogens (tertiary/aromatic N) is 2. The van der Waals surface area contributed by atoms with Gasteiger partial charge in [-0.3, -0.25) is 0 Å². The van der Waals surface area contributed by atoms with Crippen molar-refractivity contribution in [1.29, 1.82) is 0 Å². The van der Waals surface area contributed by atoms with Gasteiger partial charge in [-0.2, -0.15) is 4.31 Å². The highest BCUT2D eigenvalue weighted by Crippen LogP contribution is 2.31. The van der Waals surface area contributed by atoms with Gasteiger partial charge >= 0.3 is 0 Å². The Morgan fingerprint density at radius 3 is 2.76 bits per heavy atom. The van der Waals surface area contributed by atoms with E-state index in [1.165, 1.54) is 10.4 Å². The number of likely N-dealkylation sites (N-methyl/N-ethyl adjacent to an activating group) is 1. The molecule has 21 heavy (non-hydrogen) atoms. The lowest BCUT2D eigenvalue weighted by Gasteiger charge is -2.26. The van der Waals surface area contributed by atoms with Crippen LogP contribution in [0.25, 0.3) is 0 Å². The van der Waals surface area contributed by atoms with E-state index in [-0.39, 0.29) is 17.5 Å². The molecule has 2 rings (SSSR count). The summed E-state index contributed by atoms with van der Waals surface area (Å²) >= 11 is 3.26. The second-order valence-corrected chi connectivity index (χ2v) is 8.28. The summed E-state index contributed by atoms with van der Waals surface area (Å²) in [5.74, 6) is 0. The number of benzene rings is 1. The fourth-order valence-electron chi connectivity index (χ4n) is 2.59. The van der Waals surface area contributed by atoms with E-state index in [4.69, 9.17) is 5.73 Å². The highest BCUT2D eigenvalue weighted by Gasteiger charge is 2.40. The summed E-state index contributed by atoms with van der Waals surface area (Å²) in [5.41, 5.74) is 6.09. The minimum atomic E-state index is -3.70. The number of sulfonamides is 1. The maximum absolute atomic E-state index is 12.9. The summed E-state index contributed by atoms with van der Waals surface area (Å²) < 4.78 is 27.6. The van der Waals surface area contributed by atoms with Crippen LogP contribution in [0.2, 0.25) is 0 Å². The van der Waals surface area contributed by atoms with Crippen LogP contribution in [0.3, 0.4) is 0 Å². The zero-order chi connectivity index (χ0) is 15.8. The van der Waals surface area contributed by atoms with E-state index in [1.807, 2.05) is 19.0 Å². The predicted molar refractivity (Wildman–Crippen MR) is 85.4 cm³/mol. The van der Waals surface area contributed by atoms with Crippen molar-refractivity contribution in [2.45, 2.75) is 23.5 Å². The highest BCUT2D eigenvalue weighted by molar-refractivity contribution is 9.10. The topological polar surface area (TPSA) is 86.9 Å². The number of nitrogen functional groups attached to an aromatic ring is 1. The van der Waals surface area contributed by atoms with Gasteiger partial charge in [0.05, 0.1) is 11.0 Å². The molecule has 1 aromatic rings. The third-order valence-corrected chi connectivity index (χ3v) is 6.37. The van der Waals surface area contributed by atoms with Gasteiger partial charge in [0, 0.05) is 29.3 Å². The Kier molecular flexibility index (Phi) is 4.94. The number of halogens is 1. The number of aliphatic hydroxyl groups is 1. The molecule has 0 spiro atoms. The van der Waals surface area contributed by atoms with Gasteiger partial charge in [0.15, 0.2) is 0 Å². The van der Waals surface area contributed by atoms with Crippen molar-refractivity contribution < 1.29 is 13.5 Å². The van der Waals surface area contributed by atoms with Crippen LogP contribution < -0.4 is 5.73 Å². The number of hydrogen-bond donors (Lipinski definition) is 2. The van der Waals surface area contributed by atoms with Gasteiger partial charge in [0.25, 0.3) is 0 Å². The molecule has 0 saturated carbocycles. The Morgan fingerprint density at radius 2 is 2.14 bits per heavy atom. The maximum Gasteiger partial charge on any atom is 0.244 e. The lowest BCUT2D eigenvalue weighted by molar-refractivity contribution is 0.188. The second kappa shape index (κ2) is 6.21. The fraction of sp³-hybridized carbons (Fsp3) is 0.538. The Balaban J connectivity index is 2.39. The number of hydrogen-bond acceptors (Lipinski definition) is 5. The van der Waals surface area contributed by atoms with Gasteiger partial charge in [-0.05, 0) is 54.6 Å². The van der Waals surface area contributed by atoms with Crippen molar-refractivity contribution in [3.8, 4) is 0 Å². The second-order valence-electron chi connectivity index (χ2n) is 5.57. The first-order valence-electron chi connectivity index (χ1n) is 6.61. The molecule has 1 fully saturated rings. The Morgan fingerprint density at radius 1 is 1.48 bits per heavy atom. The van der Waals surface area contributed by atoms with E-state index in [9.17, 15) is 13.5 Å². The van der Waals surface area contributed by atoms with Crippen LogP contribution in [0, 0.1) is 0 Å². The number of rotatable bonds is 4. The quantitative estimate of drug-likeness (QED) is 0.754. The van der Waals surface area contributed by atoms with E-state index in [2.05, 4.69) is 15.9 Å². The minimum Gasteiger partial charge on any atom is -0.399 e. The molecule has 1 saturated heterocycles. The molecule has 1 aliphatic heterocycles. The standard InChI is InChI=1S/C13H20BrN3O3S/c1-16(2)7-10-6-11(18)8-17(10)21(19,20)13-5-9(15)3-4-12(13)14/h3-5,10-11,18H,6-8,15H2,1-2H3. The number of β-amino-alcohol motifs (C(OH)–C–C–N with tert-alkyl or cyclic N) is 1. The molecule has 6 nitrogen and oxygen atoms in total. The minimum absolute atomic E-state index is 0.113. The number of aliphatic hydroxyl groups excluding tert-OH is 1. The molecular weight excluding hydrogens is 358 g/mol. The molecule has 0 amide bonds. The molecule has 0 aliphatic carbocycles. The molecule has 3 N–H and O–H groups in total. The molecule has 1 aliphatic rings. The van der Waals surface area contributed by atoms with Crippen LogP contribution >= 0.6 is 15.9 Å².